The molecule has 0 spiro atoms. The minimum atomic E-state index is -2.72. The van der Waals surface area contributed by atoms with Crippen molar-refractivity contribution < 1.29 is 17.1 Å². The topological polar surface area (TPSA) is 39.8 Å². The Morgan fingerprint density at radius 2 is 2.32 bits per heavy atom. The van der Waals surface area contributed by atoms with E-state index in [2.05, 4.69) is 4.98 Å². The molecule has 0 aliphatic heterocycles. The Bertz CT molecular complexity index is 1290. The summed E-state index contributed by atoms with van der Waals surface area (Å²) in [6, 6.07) is -1.68. The highest BCUT2D eigenvalue weighted by molar-refractivity contribution is 6.11. The normalized spacial score (nSPS) is 27.7. The van der Waals surface area contributed by atoms with Crippen LogP contribution in [-0.4, -0.2) is 19.9 Å². The van der Waals surface area contributed by atoms with Crippen molar-refractivity contribution in [3.63, 3.8) is 0 Å². The fraction of sp³-hybridized carbons (Fsp3) is 0.333. The SMILES string of the molecule is [2H]c1nc(C)n(C([2H])([2H])C2([2H])CCc3c(c4c([2H])c([2H])c([2H])c([2H])c4n3C)C2=O)c1[2H]. The number of aryl methyl sites for hydroxylation is 2. The number of ketones is 1. The number of carbonyl (C=O) groups excluding carboxylic acids is 1. The number of Topliss-reactive ketones (excluding diaryl/α,β-unsaturated/α-hetero) is 1. The fourth-order valence-electron chi connectivity index (χ4n) is 2.87. The van der Waals surface area contributed by atoms with Gasteiger partial charge in [0.25, 0.3) is 0 Å². The van der Waals surface area contributed by atoms with E-state index in [0.29, 0.717) is 5.69 Å². The molecule has 1 aliphatic rings. The largest absolute Gasteiger partial charge is 0.347 e. The molecule has 1 aromatic carbocycles. The van der Waals surface area contributed by atoms with Gasteiger partial charge in [-0.15, -0.1) is 0 Å². The second-order valence-electron chi connectivity index (χ2n) is 5.24. The van der Waals surface area contributed by atoms with Gasteiger partial charge < -0.3 is 9.13 Å². The molecule has 0 amide bonds. The Balaban J connectivity index is 2.02. The smallest absolute Gasteiger partial charge is 0.170 e. The molecule has 4 rings (SSSR count). The van der Waals surface area contributed by atoms with Crippen molar-refractivity contribution in [1.29, 1.82) is 0 Å². The molecule has 0 saturated carbocycles. The molecule has 1 unspecified atom stereocenters. The number of aromatic nitrogens is 3. The molecule has 0 saturated heterocycles. The van der Waals surface area contributed by atoms with Crippen LogP contribution in [0.5, 0.6) is 0 Å². The first-order chi connectivity index (χ1) is 14.3. The van der Waals surface area contributed by atoms with E-state index >= 15 is 0 Å². The third-order valence-electron chi connectivity index (χ3n) is 4.01. The minimum Gasteiger partial charge on any atom is -0.347 e. The van der Waals surface area contributed by atoms with Gasteiger partial charge in [0.15, 0.2) is 5.78 Å². The van der Waals surface area contributed by atoms with Crippen molar-refractivity contribution in [3.05, 3.63) is 53.6 Å². The molecule has 2 heterocycles. The Morgan fingerprint density at radius 1 is 1.50 bits per heavy atom. The molecule has 112 valence electrons. The molecule has 3 aromatic rings. The molecule has 1 atom stereocenters. The van der Waals surface area contributed by atoms with Crippen molar-refractivity contribution in [2.45, 2.75) is 26.3 Å². The lowest BCUT2D eigenvalue weighted by Gasteiger charge is -2.23. The number of nitrogens with zero attached hydrogens (tertiary/aromatic N) is 3. The monoisotopic (exact) mass is 302 g/mol. The van der Waals surface area contributed by atoms with E-state index in [1.807, 2.05) is 0 Å². The number of hydrogen-bond acceptors (Lipinski definition) is 2. The number of para-hydroxylation sites is 1. The first kappa shape index (κ1) is 6.82. The van der Waals surface area contributed by atoms with Crippen LogP contribution in [0.2, 0.25) is 0 Å². The van der Waals surface area contributed by atoms with Gasteiger partial charge >= 0.3 is 0 Å². The van der Waals surface area contributed by atoms with Gasteiger partial charge in [0.2, 0.25) is 0 Å². The van der Waals surface area contributed by atoms with Crippen LogP contribution < -0.4 is 0 Å². The van der Waals surface area contributed by atoms with Gasteiger partial charge in [-0.25, -0.2) is 4.98 Å². The Hall–Kier alpha value is -2.36. The predicted molar refractivity (Wildman–Crippen MR) is 86.0 cm³/mol. The van der Waals surface area contributed by atoms with Crippen LogP contribution in [0.3, 0.4) is 0 Å². The zero-order valence-corrected chi connectivity index (χ0v) is 12.2. The first-order valence-corrected chi connectivity index (χ1v) is 6.92. The summed E-state index contributed by atoms with van der Waals surface area (Å²) in [6.07, 6.45) is -1.16. The summed E-state index contributed by atoms with van der Waals surface area (Å²) in [5.41, 5.74) is 0.452. The summed E-state index contributed by atoms with van der Waals surface area (Å²) in [5.74, 6) is -3.32. The summed E-state index contributed by atoms with van der Waals surface area (Å²) in [6.45, 7) is -1.33. The number of fused-ring (bicyclic) bond motifs is 3. The average Bonchev–Trinajstić information content (AvgIpc) is 3.14. The molecule has 0 fully saturated rings. The van der Waals surface area contributed by atoms with E-state index in [4.69, 9.17) is 12.3 Å². The first-order valence-electron chi connectivity index (χ1n) is 11.4. The van der Waals surface area contributed by atoms with Gasteiger partial charge in [0.1, 0.15) is 5.82 Å². The van der Waals surface area contributed by atoms with Gasteiger partial charge in [0.05, 0.1) is 11.0 Å². The molecule has 2 aromatic heterocycles. The van der Waals surface area contributed by atoms with E-state index in [1.54, 1.807) is 7.05 Å². The van der Waals surface area contributed by atoms with Crippen molar-refractivity contribution in [2.24, 2.45) is 12.9 Å². The highest BCUT2D eigenvalue weighted by Gasteiger charge is 2.32. The van der Waals surface area contributed by atoms with E-state index in [0.717, 1.165) is 4.57 Å². The summed E-state index contributed by atoms with van der Waals surface area (Å²) in [4.78, 5) is 17.4. The lowest BCUT2D eigenvalue weighted by atomic mass is 9.85. The predicted octanol–water partition coefficient (Wildman–Crippen LogP) is 3.13. The van der Waals surface area contributed by atoms with E-state index in [-0.39, 0.29) is 41.2 Å². The molecule has 0 bridgehead atoms. The Kier molecular flexibility index (Phi) is 1.50. The fourth-order valence-corrected chi connectivity index (χ4v) is 2.87. The second kappa shape index (κ2) is 4.83. The third kappa shape index (κ3) is 1.83. The van der Waals surface area contributed by atoms with Gasteiger partial charge in [-0.3, -0.25) is 4.79 Å². The summed E-state index contributed by atoms with van der Waals surface area (Å²) in [7, 11) is 1.58. The van der Waals surface area contributed by atoms with Crippen molar-refractivity contribution >= 4 is 16.7 Å². The molecule has 0 radical (unpaired) electrons. The lowest BCUT2D eigenvalue weighted by molar-refractivity contribution is 0.0888. The number of carbonyl (C=O) groups is 1. The van der Waals surface area contributed by atoms with Crippen LogP contribution in [0.4, 0.5) is 0 Å². The van der Waals surface area contributed by atoms with Crippen LogP contribution in [0.15, 0.2) is 36.5 Å². The molecular weight excluding hydrogens is 274 g/mol. The zero-order valence-electron chi connectivity index (χ0n) is 21.2. The average molecular weight is 302 g/mol. The van der Waals surface area contributed by atoms with E-state index < -0.39 is 48.6 Å². The number of benzene rings is 1. The number of hydrogen-bond donors (Lipinski definition) is 0. The summed E-state index contributed by atoms with van der Waals surface area (Å²) < 4.78 is 76.6. The third-order valence-corrected chi connectivity index (χ3v) is 4.01. The number of imidazole rings is 1. The lowest BCUT2D eigenvalue weighted by Crippen LogP contribution is -2.27. The van der Waals surface area contributed by atoms with Crippen molar-refractivity contribution in [1.82, 2.24) is 14.1 Å². The van der Waals surface area contributed by atoms with Crippen LogP contribution in [0.25, 0.3) is 10.9 Å². The van der Waals surface area contributed by atoms with Gasteiger partial charge in [-0.2, -0.15) is 0 Å². The molecule has 4 nitrogen and oxygen atoms in total. The Morgan fingerprint density at radius 3 is 3.09 bits per heavy atom. The molecule has 0 N–H and O–H groups in total. The standard InChI is InChI=1S/C18H19N3O/c1-12-19-9-10-21(12)11-13-7-8-16-17(18(13)22)14-5-3-4-6-15(14)20(16)2/h3-6,9-10,13H,7-8,11H2,1-2H3/i3D,4D,5D,6D,9D,10D,11D2,13D. The maximum Gasteiger partial charge on any atom is 0.170 e. The van der Waals surface area contributed by atoms with Crippen molar-refractivity contribution in [2.75, 3.05) is 0 Å². The molecule has 22 heavy (non-hydrogen) atoms. The molecule has 1 aliphatic carbocycles. The summed E-state index contributed by atoms with van der Waals surface area (Å²) in [5, 5.41) is -0.0322. The van der Waals surface area contributed by atoms with Crippen LogP contribution in [0, 0.1) is 12.8 Å². The molecule has 4 heteroatoms. The molecular formula is C18H19N3O. The Labute approximate surface area is 142 Å². The second-order valence-corrected chi connectivity index (χ2v) is 5.24. The van der Waals surface area contributed by atoms with E-state index in [1.165, 1.54) is 11.5 Å². The van der Waals surface area contributed by atoms with Gasteiger partial charge in [-0.05, 0) is 25.8 Å². The zero-order chi connectivity index (χ0) is 23.2. The van der Waals surface area contributed by atoms with Crippen LogP contribution >= 0.6 is 0 Å². The highest BCUT2D eigenvalue weighted by Crippen LogP contribution is 2.34. The van der Waals surface area contributed by atoms with E-state index in [9.17, 15) is 4.79 Å². The maximum absolute atomic E-state index is 13.6. The van der Waals surface area contributed by atoms with Gasteiger partial charge in [-0.1, -0.05) is 18.1 Å². The quantitative estimate of drug-likeness (QED) is 0.729. The van der Waals surface area contributed by atoms with Crippen LogP contribution in [0.1, 0.15) is 40.6 Å². The highest BCUT2D eigenvalue weighted by atomic mass is 16.1. The minimum absolute atomic E-state index is 0.00920. The number of rotatable bonds is 2. The maximum atomic E-state index is 13.6. The van der Waals surface area contributed by atoms with Gasteiger partial charge in [0, 0.05) is 55.3 Å². The van der Waals surface area contributed by atoms with Crippen LogP contribution in [-0.2, 0) is 20.0 Å². The van der Waals surface area contributed by atoms with Crippen molar-refractivity contribution in [3.8, 4) is 0 Å². The summed E-state index contributed by atoms with van der Waals surface area (Å²) >= 11 is 0.